The molecule has 5 nitrogen and oxygen atoms in total. The molecule has 1 aromatic heterocycles. The zero-order valence-corrected chi connectivity index (χ0v) is 20.5. The van der Waals surface area contributed by atoms with E-state index in [1.807, 2.05) is 12.1 Å². The molecule has 9 heteroatoms. The third-order valence-corrected chi connectivity index (χ3v) is 7.16. The van der Waals surface area contributed by atoms with E-state index in [9.17, 15) is 27.5 Å². The summed E-state index contributed by atoms with van der Waals surface area (Å²) in [6.45, 7) is 3.73. The molecule has 2 aromatic carbocycles. The van der Waals surface area contributed by atoms with E-state index in [-0.39, 0.29) is 23.0 Å². The van der Waals surface area contributed by atoms with Gasteiger partial charge < -0.3 is 19.7 Å². The normalized spacial score (nSPS) is 18.4. The lowest BCUT2D eigenvalue weighted by molar-refractivity contribution is -0.266. The van der Waals surface area contributed by atoms with Crippen molar-refractivity contribution in [2.24, 2.45) is 0 Å². The minimum Gasteiger partial charge on any atom is -0.493 e. The summed E-state index contributed by atoms with van der Waals surface area (Å²) in [5.41, 5.74) is -2.33. The number of fused-ring (bicyclic) bond motifs is 1. The fourth-order valence-electron chi connectivity index (χ4n) is 5.44. The van der Waals surface area contributed by atoms with E-state index in [1.165, 1.54) is 39.2 Å². The number of aliphatic hydroxyl groups is 1. The minimum absolute atomic E-state index is 0.0561. The van der Waals surface area contributed by atoms with E-state index in [0.717, 1.165) is 24.8 Å². The van der Waals surface area contributed by atoms with Crippen molar-refractivity contribution in [3.05, 3.63) is 65.1 Å². The maximum absolute atomic E-state index is 14.3. The molecular weight excluding hydrogens is 476 g/mol. The van der Waals surface area contributed by atoms with Crippen LogP contribution in [-0.4, -0.2) is 46.8 Å². The number of carbonyl (C=O) groups is 1. The highest BCUT2D eigenvalue weighted by Gasteiger charge is 2.56. The van der Waals surface area contributed by atoms with Crippen LogP contribution in [0.25, 0.3) is 10.9 Å². The molecule has 2 heterocycles. The lowest BCUT2D eigenvalue weighted by Crippen LogP contribution is -2.51. The Bertz CT molecular complexity index is 1250. The molecule has 0 saturated carbocycles. The molecule has 2 atom stereocenters. The Morgan fingerprint density at radius 2 is 1.94 bits per heavy atom. The molecule has 1 amide bonds. The Kier molecular flexibility index (Phi) is 6.81. The van der Waals surface area contributed by atoms with Crippen LogP contribution in [0.1, 0.15) is 56.0 Å². The van der Waals surface area contributed by atoms with Crippen LogP contribution in [0.5, 0.6) is 5.75 Å². The molecule has 1 aliphatic rings. The number of benzene rings is 2. The van der Waals surface area contributed by atoms with E-state index in [4.69, 9.17) is 4.74 Å². The van der Waals surface area contributed by atoms with Crippen molar-refractivity contribution in [2.45, 2.75) is 62.8 Å². The number of hydrogen-bond donors (Lipinski definition) is 2. The Morgan fingerprint density at radius 1 is 1.19 bits per heavy atom. The molecule has 1 saturated heterocycles. The summed E-state index contributed by atoms with van der Waals surface area (Å²) < 4.78 is 62.3. The van der Waals surface area contributed by atoms with Gasteiger partial charge in [0, 0.05) is 29.7 Å². The molecule has 0 radical (unpaired) electrons. The maximum Gasteiger partial charge on any atom is 0.417 e. The van der Waals surface area contributed by atoms with Crippen molar-refractivity contribution in [1.29, 1.82) is 0 Å². The molecule has 1 fully saturated rings. The van der Waals surface area contributed by atoms with Crippen molar-refractivity contribution in [3.8, 4) is 5.75 Å². The summed E-state index contributed by atoms with van der Waals surface area (Å²) in [4.78, 5) is 16.1. The van der Waals surface area contributed by atoms with Crippen LogP contribution in [-0.2, 0) is 16.6 Å². The standard InChI is InChI=1S/C27H30F4N2O3/c1-25(2,20-6-4-7-21(28)24(20)36-3)15-26(35,27(29,30)31)14-19-13-18-12-17(9-10-22(18)32-19)23-8-5-11-33(23)16-34/h4,6-7,9-10,12-13,16,23,32,35H,5,8,11,14-15H2,1-3H3. The summed E-state index contributed by atoms with van der Waals surface area (Å²) in [6, 6.07) is 11.2. The largest absolute Gasteiger partial charge is 0.493 e. The second-order valence-electron chi connectivity index (χ2n) is 10.2. The minimum atomic E-state index is -4.94. The third kappa shape index (κ3) is 4.81. The maximum atomic E-state index is 14.3. The van der Waals surface area contributed by atoms with Crippen LogP contribution >= 0.6 is 0 Å². The lowest BCUT2D eigenvalue weighted by Gasteiger charge is -2.38. The molecule has 2 unspecified atom stereocenters. The average molecular weight is 507 g/mol. The summed E-state index contributed by atoms with van der Waals surface area (Å²) in [6.07, 6.45) is -3.81. The number of carbonyl (C=O) groups excluding carboxylic acids is 1. The van der Waals surface area contributed by atoms with E-state index >= 15 is 0 Å². The van der Waals surface area contributed by atoms with Crippen molar-refractivity contribution in [3.63, 3.8) is 0 Å². The molecule has 0 aliphatic carbocycles. The topological polar surface area (TPSA) is 65.6 Å². The Labute approximate surface area is 207 Å². The van der Waals surface area contributed by atoms with Gasteiger partial charge in [-0.05, 0) is 59.9 Å². The zero-order valence-electron chi connectivity index (χ0n) is 20.5. The van der Waals surface area contributed by atoms with Gasteiger partial charge in [-0.2, -0.15) is 13.2 Å². The van der Waals surface area contributed by atoms with Gasteiger partial charge >= 0.3 is 6.18 Å². The number of likely N-dealkylation sites (tertiary alicyclic amines) is 1. The number of alkyl halides is 3. The number of para-hydroxylation sites is 1. The van der Waals surface area contributed by atoms with E-state index in [2.05, 4.69) is 4.98 Å². The van der Waals surface area contributed by atoms with Gasteiger partial charge in [0.1, 0.15) is 0 Å². The van der Waals surface area contributed by atoms with E-state index in [0.29, 0.717) is 17.4 Å². The molecule has 4 rings (SSSR count). The van der Waals surface area contributed by atoms with Gasteiger partial charge in [-0.1, -0.05) is 32.0 Å². The fraction of sp³-hybridized carbons (Fsp3) is 0.444. The highest BCUT2D eigenvalue weighted by molar-refractivity contribution is 5.81. The molecule has 0 bridgehead atoms. The van der Waals surface area contributed by atoms with Gasteiger partial charge in [-0.3, -0.25) is 4.79 Å². The fourth-order valence-corrected chi connectivity index (χ4v) is 5.44. The first-order chi connectivity index (χ1) is 16.9. The SMILES string of the molecule is COc1c(F)cccc1C(C)(C)CC(O)(Cc1cc2cc(C3CCCN3C=O)ccc2[nH]1)C(F)(F)F. The molecular formula is C27H30F4N2O3. The van der Waals surface area contributed by atoms with Gasteiger partial charge in [0.2, 0.25) is 6.41 Å². The highest BCUT2D eigenvalue weighted by Crippen LogP contribution is 2.45. The van der Waals surface area contributed by atoms with Crippen molar-refractivity contribution in [1.82, 2.24) is 9.88 Å². The van der Waals surface area contributed by atoms with Crippen LogP contribution in [0.2, 0.25) is 0 Å². The van der Waals surface area contributed by atoms with Gasteiger partial charge in [0.25, 0.3) is 0 Å². The van der Waals surface area contributed by atoms with Crippen molar-refractivity contribution in [2.75, 3.05) is 13.7 Å². The number of H-pyrrole nitrogens is 1. The Morgan fingerprint density at radius 3 is 2.61 bits per heavy atom. The van der Waals surface area contributed by atoms with E-state index in [1.54, 1.807) is 17.0 Å². The van der Waals surface area contributed by atoms with Crippen LogP contribution in [0.4, 0.5) is 17.6 Å². The predicted molar refractivity (Wildman–Crippen MR) is 128 cm³/mol. The molecule has 3 aromatic rings. The smallest absolute Gasteiger partial charge is 0.417 e. The molecule has 194 valence electrons. The van der Waals surface area contributed by atoms with Crippen LogP contribution < -0.4 is 4.74 Å². The van der Waals surface area contributed by atoms with Gasteiger partial charge in [-0.25, -0.2) is 4.39 Å². The van der Waals surface area contributed by atoms with Gasteiger partial charge in [0.05, 0.1) is 13.2 Å². The van der Waals surface area contributed by atoms with Gasteiger partial charge in [0.15, 0.2) is 17.2 Å². The second kappa shape index (κ2) is 9.42. The number of hydrogen-bond acceptors (Lipinski definition) is 3. The molecule has 2 N–H and O–H groups in total. The number of aromatic nitrogens is 1. The lowest BCUT2D eigenvalue weighted by atomic mass is 9.73. The number of ether oxygens (including phenoxy) is 1. The molecule has 0 spiro atoms. The first kappa shape index (κ1) is 26.0. The first-order valence-corrected chi connectivity index (χ1v) is 11.8. The molecule has 36 heavy (non-hydrogen) atoms. The van der Waals surface area contributed by atoms with E-state index < -0.39 is 35.9 Å². The number of methoxy groups -OCH3 is 1. The van der Waals surface area contributed by atoms with Crippen LogP contribution in [0, 0.1) is 5.82 Å². The average Bonchev–Trinajstić information content (AvgIpc) is 3.43. The third-order valence-electron chi connectivity index (χ3n) is 7.16. The monoisotopic (exact) mass is 506 g/mol. The number of amides is 1. The van der Waals surface area contributed by atoms with Crippen LogP contribution in [0.15, 0.2) is 42.5 Å². The predicted octanol–water partition coefficient (Wildman–Crippen LogP) is 5.81. The number of rotatable bonds is 8. The summed E-state index contributed by atoms with van der Waals surface area (Å²) in [5.74, 6) is -0.818. The summed E-state index contributed by atoms with van der Waals surface area (Å²) in [5, 5.41) is 11.7. The number of nitrogens with zero attached hydrogens (tertiary/aromatic N) is 1. The number of nitrogens with one attached hydrogen (secondary N) is 1. The Hall–Kier alpha value is -3.07. The first-order valence-electron chi connectivity index (χ1n) is 11.8. The van der Waals surface area contributed by atoms with Gasteiger partial charge in [-0.15, -0.1) is 0 Å². The van der Waals surface area contributed by atoms with Crippen molar-refractivity contribution >= 4 is 17.3 Å². The summed E-state index contributed by atoms with van der Waals surface area (Å²) in [7, 11) is 1.26. The zero-order chi connectivity index (χ0) is 26.3. The van der Waals surface area contributed by atoms with Crippen molar-refractivity contribution < 1.29 is 32.2 Å². The number of halogens is 4. The van der Waals surface area contributed by atoms with Crippen LogP contribution in [0.3, 0.4) is 0 Å². The Balaban J connectivity index is 1.65. The number of aromatic amines is 1. The quantitative estimate of drug-likeness (QED) is 0.299. The summed E-state index contributed by atoms with van der Waals surface area (Å²) >= 11 is 0. The molecule has 1 aliphatic heterocycles. The highest BCUT2D eigenvalue weighted by atomic mass is 19.4. The second-order valence-corrected chi connectivity index (χ2v) is 10.2.